The number of thiophene rings is 1. The molecule has 4 rings (SSSR count). The number of carbonyl (C=O) groups is 3. The number of aryl methyl sites for hydroxylation is 1. The molecule has 1 atom stereocenters. The van der Waals surface area contributed by atoms with E-state index in [-0.39, 0.29) is 24.4 Å². The second-order valence-electron chi connectivity index (χ2n) is 8.46. The van der Waals surface area contributed by atoms with E-state index in [2.05, 4.69) is 10.6 Å². The molecule has 1 unspecified atom stereocenters. The zero-order chi connectivity index (χ0) is 24.8. The maximum Gasteiger partial charge on any atom is 0.261 e. The van der Waals surface area contributed by atoms with Crippen molar-refractivity contribution in [2.24, 2.45) is 0 Å². The van der Waals surface area contributed by atoms with Gasteiger partial charge in [-0.15, -0.1) is 11.3 Å². The topological polar surface area (TPSA) is 101 Å². The molecular formula is C26H29N3O5S. The molecule has 1 aromatic carbocycles. The molecule has 3 amide bonds. The molecule has 0 bridgehead atoms. The van der Waals surface area contributed by atoms with Gasteiger partial charge < -0.3 is 19.8 Å². The quantitative estimate of drug-likeness (QED) is 0.463. The van der Waals surface area contributed by atoms with E-state index in [4.69, 9.17) is 9.15 Å². The van der Waals surface area contributed by atoms with Crippen molar-refractivity contribution < 1.29 is 23.5 Å². The lowest BCUT2D eigenvalue weighted by atomic mass is 10.1. The lowest BCUT2D eigenvalue weighted by Crippen LogP contribution is -2.49. The molecule has 2 heterocycles. The van der Waals surface area contributed by atoms with Crippen molar-refractivity contribution >= 4 is 34.7 Å². The van der Waals surface area contributed by atoms with Crippen molar-refractivity contribution in [2.45, 2.75) is 44.7 Å². The summed E-state index contributed by atoms with van der Waals surface area (Å²) in [5.41, 5.74) is 0.488. The molecule has 9 heteroatoms. The summed E-state index contributed by atoms with van der Waals surface area (Å²) >= 11 is 1.29. The highest BCUT2D eigenvalue weighted by Crippen LogP contribution is 2.31. The van der Waals surface area contributed by atoms with Crippen LogP contribution in [0.1, 0.15) is 52.9 Å². The Balaban J connectivity index is 1.66. The number of nitrogens with zero attached hydrogens (tertiary/aromatic N) is 1. The van der Waals surface area contributed by atoms with Crippen LogP contribution in [0.2, 0.25) is 0 Å². The number of hydrogen-bond acceptors (Lipinski definition) is 6. The first-order chi connectivity index (χ1) is 17.0. The molecule has 2 N–H and O–H groups in total. The number of carbonyl (C=O) groups excluding carboxylic acids is 3. The fourth-order valence-electron chi connectivity index (χ4n) is 4.24. The minimum absolute atomic E-state index is 0.0624. The predicted octanol–water partition coefficient (Wildman–Crippen LogP) is 4.22. The summed E-state index contributed by atoms with van der Waals surface area (Å²) < 4.78 is 11.1. The van der Waals surface area contributed by atoms with Gasteiger partial charge in [-0.2, -0.15) is 0 Å². The largest absolute Gasteiger partial charge is 0.497 e. The SMILES string of the molecule is COc1ccc(N(C(=O)CNC(=O)c2cccs2)C(C(=O)NC2CCCC2)c2ccc(C)o2)cc1. The van der Waals surface area contributed by atoms with E-state index in [1.165, 1.54) is 16.2 Å². The molecule has 1 saturated carbocycles. The molecule has 1 aliphatic carbocycles. The Morgan fingerprint density at radius 3 is 2.46 bits per heavy atom. The van der Waals surface area contributed by atoms with E-state index in [1.54, 1.807) is 67.9 Å². The summed E-state index contributed by atoms with van der Waals surface area (Å²) in [5.74, 6) is 0.496. The monoisotopic (exact) mass is 495 g/mol. The first-order valence-corrected chi connectivity index (χ1v) is 12.5. The van der Waals surface area contributed by atoms with Gasteiger partial charge >= 0.3 is 0 Å². The van der Waals surface area contributed by atoms with E-state index < -0.39 is 11.9 Å². The first kappa shape index (κ1) is 24.5. The zero-order valence-electron chi connectivity index (χ0n) is 19.8. The lowest BCUT2D eigenvalue weighted by Gasteiger charge is -2.31. The summed E-state index contributed by atoms with van der Waals surface area (Å²) in [7, 11) is 1.56. The Labute approximate surface area is 208 Å². The van der Waals surface area contributed by atoms with Crippen molar-refractivity contribution in [3.63, 3.8) is 0 Å². The van der Waals surface area contributed by atoms with E-state index in [0.717, 1.165) is 25.7 Å². The third-order valence-electron chi connectivity index (χ3n) is 6.00. The van der Waals surface area contributed by atoms with Crippen LogP contribution in [0.15, 0.2) is 58.3 Å². The van der Waals surface area contributed by atoms with Crippen molar-refractivity contribution in [2.75, 3.05) is 18.6 Å². The molecule has 0 saturated heterocycles. The van der Waals surface area contributed by atoms with Crippen LogP contribution in [0.3, 0.4) is 0 Å². The van der Waals surface area contributed by atoms with E-state index in [0.29, 0.717) is 27.8 Å². The van der Waals surface area contributed by atoms with Crippen LogP contribution >= 0.6 is 11.3 Å². The number of anilines is 1. The Hall–Kier alpha value is -3.59. The fourth-order valence-corrected chi connectivity index (χ4v) is 4.88. The van der Waals surface area contributed by atoms with Gasteiger partial charge in [0.15, 0.2) is 6.04 Å². The third kappa shape index (κ3) is 5.92. The van der Waals surface area contributed by atoms with Crippen LogP contribution in [0.4, 0.5) is 5.69 Å². The molecule has 2 aromatic heterocycles. The average molecular weight is 496 g/mol. The highest BCUT2D eigenvalue weighted by Gasteiger charge is 2.36. The number of furan rings is 1. The molecule has 1 aliphatic rings. The minimum atomic E-state index is -1.04. The number of benzene rings is 1. The van der Waals surface area contributed by atoms with E-state index >= 15 is 0 Å². The second kappa shape index (κ2) is 11.2. The van der Waals surface area contributed by atoms with Gasteiger partial charge in [0.25, 0.3) is 11.8 Å². The molecule has 1 fully saturated rings. The van der Waals surface area contributed by atoms with Gasteiger partial charge in [-0.25, -0.2) is 0 Å². The molecular weight excluding hydrogens is 466 g/mol. The van der Waals surface area contributed by atoms with Gasteiger partial charge in [0, 0.05) is 11.7 Å². The Bertz CT molecular complexity index is 1150. The van der Waals surface area contributed by atoms with Crippen molar-refractivity contribution in [3.05, 3.63) is 70.3 Å². The second-order valence-corrected chi connectivity index (χ2v) is 9.41. The number of ether oxygens (including phenoxy) is 1. The maximum absolute atomic E-state index is 13.6. The highest BCUT2D eigenvalue weighted by molar-refractivity contribution is 7.12. The van der Waals surface area contributed by atoms with Crippen molar-refractivity contribution in [3.8, 4) is 5.75 Å². The number of rotatable bonds is 9. The summed E-state index contributed by atoms with van der Waals surface area (Å²) in [6, 6.07) is 12.8. The summed E-state index contributed by atoms with van der Waals surface area (Å²) in [6.07, 6.45) is 3.93. The van der Waals surface area contributed by atoms with Crippen LogP contribution in [-0.4, -0.2) is 37.4 Å². The van der Waals surface area contributed by atoms with Crippen LogP contribution < -0.4 is 20.3 Å². The predicted molar refractivity (Wildman–Crippen MR) is 134 cm³/mol. The summed E-state index contributed by atoms with van der Waals surface area (Å²) in [5, 5.41) is 7.57. The van der Waals surface area contributed by atoms with Gasteiger partial charge in [-0.3, -0.25) is 19.3 Å². The molecule has 8 nitrogen and oxygen atoms in total. The summed E-state index contributed by atoms with van der Waals surface area (Å²) in [4.78, 5) is 41.6. The normalized spacial score (nSPS) is 14.3. The number of hydrogen-bond donors (Lipinski definition) is 2. The fraction of sp³-hybridized carbons (Fsp3) is 0.346. The van der Waals surface area contributed by atoms with Crippen LogP contribution in [-0.2, 0) is 9.59 Å². The molecule has 0 radical (unpaired) electrons. The van der Waals surface area contributed by atoms with Gasteiger partial charge in [-0.1, -0.05) is 18.9 Å². The lowest BCUT2D eigenvalue weighted by molar-refractivity contribution is -0.127. The zero-order valence-corrected chi connectivity index (χ0v) is 20.6. The van der Waals surface area contributed by atoms with Gasteiger partial charge in [0.1, 0.15) is 17.3 Å². The van der Waals surface area contributed by atoms with E-state index in [1.807, 2.05) is 0 Å². The Morgan fingerprint density at radius 1 is 1.11 bits per heavy atom. The van der Waals surface area contributed by atoms with E-state index in [9.17, 15) is 14.4 Å². The maximum atomic E-state index is 13.6. The Kier molecular flexibility index (Phi) is 7.87. The molecule has 0 spiro atoms. The smallest absolute Gasteiger partial charge is 0.261 e. The molecule has 35 heavy (non-hydrogen) atoms. The highest BCUT2D eigenvalue weighted by atomic mass is 32.1. The van der Waals surface area contributed by atoms with Gasteiger partial charge in [0.05, 0.1) is 18.5 Å². The van der Waals surface area contributed by atoms with Gasteiger partial charge in [-0.05, 0) is 67.6 Å². The standard InChI is InChI=1S/C26H29N3O5S/c1-17-9-14-21(34-17)24(26(32)28-18-6-3-4-7-18)29(19-10-12-20(33-2)13-11-19)23(30)16-27-25(31)22-8-5-15-35-22/h5,8-15,18,24H,3-4,6-7,16H2,1-2H3,(H,27,31)(H,28,32). The van der Waals surface area contributed by atoms with Crippen LogP contribution in [0.5, 0.6) is 5.75 Å². The molecule has 3 aromatic rings. The van der Waals surface area contributed by atoms with Crippen LogP contribution in [0.25, 0.3) is 0 Å². The average Bonchev–Trinajstić information content (AvgIpc) is 3.64. The summed E-state index contributed by atoms with van der Waals surface area (Å²) in [6.45, 7) is 1.51. The third-order valence-corrected chi connectivity index (χ3v) is 6.87. The first-order valence-electron chi connectivity index (χ1n) is 11.6. The minimum Gasteiger partial charge on any atom is -0.497 e. The van der Waals surface area contributed by atoms with Crippen LogP contribution in [0, 0.1) is 6.92 Å². The van der Waals surface area contributed by atoms with Crippen molar-refractivity contribution in [1.82, 2.24) is 10.6 Å². The molecule has 184 valence electrons. The van der Waals surface area contributed by atoms with Crippen molar-refractivity contribution in [1.29, 1.82) is 0 Å². The molecule has 0 aliphatic heterocycles. The number of methoxy groups -OCH3 is 1. The number of nitrogens with one attached hydrogen (secondary N) is 2. The Morgan fingerprint density at radius 2 is 1.86 bits per heavy atom. The van der Waals surface area contributed by atoms with Gasteiger partial charge in [0.2, 0.25) is 5.91 Å². The number of amides is 3.